The number of aromatic nitrogens is 19. The standard InChI is InChI=1S/C23H19N7O3.C22H20N8O3.C20H20N6O4.C19H18N6O4/c1-29-13-19-21(28-29)23(33)25-10-15-8-17(11-24-9-15)18-5-6-20(31)30(27-18)12-14-3-2-4-16(7-14)22(32)26-19;1-28-13-18-20(27-28)22(33)23-7-8-29-12-16(10-24-29)17-5-6-19(31)30(26-17)11-14-3-2-4-15(9-14)21(32)25-18;1-25-12-15-18(24-25)20(29)21-8-3-9-30-16-6-7-17(27)26(23-16)11-13-4-2-5-14(10-13)19(28)22-15;1-24-11-14-17(23-24)19(28)20-7-8-29-15-5-6-16(26)25(22-15)10-12-3-2-4-13(9-12)18(27)21-14/h2-9,11,13H,10,12H2,1H3,(H,25,33)(H,26,32);2-6,9-10,12-13H,7-8,11H2,1H3,(H,23,33)(H,25,32);2,4-7,10,12H,3,8-9,11H2,1H3,(H,21,29)(H,22,28);2-6,9,11H,7-8,10H2,1H3,(H,20,28)(H,21,27). The Morgan fingerprint density at radius 3 is 1.10 bits per heavy atom. The van der Waals surface area contributed by atoms with Gasteiger partial charge in [-0.25, -0.2) is 18.7 Å². The highest BCUT2D eigenvalue weighted by molar-refractivity contribution is 6.11. The molecule has 0 unspecified atom stereocenters. The molecule has 4 aliphatic rings. The lowest BCUT2D eigenvalue weighted by Crippen LogP contribution is -2.30. The average Bonchev–Trinajstić information content (AvgIpc) is 1.80. The molecule has 0 atom stereocenters. The van der Waals surface area contributed by atoms with Crippen LogP contribution in [0.1, 0.15) is 118 Å². The van der Waals surface area contributed by atoms with Gasteiger partial charge in [-0.3, -0.25) is 85.9 Å². The lowest BCUT2D eigenvalue weighted by molar-refractivity contribution is 0.0934. The maximum absolute atomic E-state index is 12.9. The molecule has 0 saturated carbocycles. The maximum atomic E-state index is 12.9. The molecule has 0 radical (unpaired) electrons. The minimum absolute atomic E-state index is 0.107. The van der Waals surface area contributed by atoms with E-state index in [4.69, 9.17) is 9.47 Å². The second-order valence-electron chi connectivity index (χ2n) is 28.7. The molecular weight excluding hydrogens is 1610 g/mol. The van der Waals surface area contributed by atoms with Crippen molar-refractivity contribution in [3.05, 3.63) is 315 Å². The molecule has 8 amide bonds. The monoisotopic (exact) mass is 1690 g/mol. The topological polar surface area (TPSA) is 493 Å². The van der Waals surface area contributed by atoms with Gasteiger partial charge in [0.2, 0.25) is 11.8 Å². The smallest absolute Gasteiger partial charge is 0.274 e. The van der Waals surface area contributed by atoms with Gasteiger partial charge < -0.3 is 52.0 Å². The number of carbonyl (C=O) groups is 8. The molecule has 0 aliphatic carbocycles. The predicted octanol–water partition coefficient (Wildman–Crippen LogP) is 3.66. The third-order valence-electron chi connectivity index (χ3n) is 19.3. The molecule has 8 N–H and O–H groups in total. The van der Waals surface area contributed by atoms with Gasteiger partial charge in [-0.15, -0.1) is 10.2 Å². The van der Waals surface area contributed by atoms with Crippen LogP contribution in [0, 0.1) is 0 Å². The van der Waals surface area contributed by atoms with Gasteiger partial charge in [0.05, 0.1) is 86.2 Å². The van der Waals surface area contributed by atoms with Crippen molar-refractivity contribution < 1.29 is 47.8 Å². The van der Waals surface area contributed by atoms with E-state index in [1.165, 1.54) is 73.9 Å². The van der Waals surface area contributed by atoms with Crippen molar-refractivity contribution in [1.82, 2.24) is 114 Å². The normalized spacial score (nSPS) is 14.1. The van der Waals surface area contributed by atoms with E-state index in [-0.39, 0.29) is 103 Å². The molecule has 125 heavy (non-hydrogen) atoms. The number of benzene rings is 4. The summed E-state index contributed by atoms with van der Waals surface area (Å²) in [7, 11) is 6.68. The second kappa shape index (κ2) is 37.1. The summed E-state index contributed by atoms with van der Waals surface area (Å²) in [4.78, 5) is 155. The van der Waals surface area contributed by atoms with Crippen LogP contribution in [0.5, 0.6) is 11.8 Å². The highest BCUT2D eigenvalue weighted by atomic mass is 16.5. The van der Waals surface area contributed by atoms with Crippen LogP contribution in [0.25, 0.3) is 22.5 Å². The van der Waals surface area contributed by atoms with Crippen LogP contribution in [0.4, 0.5) is 22.7 Å². The molecule has 14 heterocycles. The van der Waals surface area contributed by atoms with E-state index in [2.05, 4.69) is 93.4 Å². The van der Waals surface area contributed by atoms with E-state index in [1.807, 2.05) is 18.2 Å². The van der Waals surface area contributed by atoms with Crippen molar-refractivity contribution in [3.8, 4) is 34.3 Å². The molecule has 18 rings (SSSR count). The third kappa shape index (κ3) is 20.5. The van der Waals surface area contributed by atoms with Gasteiger partial charge >= 0.3 is 0 Å². The molecule has 14 aromatic rings. The highest BCUT2D eigenvalue weighted by Gasteiger charge is 2.26. The van der Waals surface area contributed by atoms with Gasteiger partial charge in [0.1, 0.15) is 6.61 Å². The number of anilines is 4. The zero-order valence-electron chi connectivity index (χ0n) is 67.3. The molecule has 20 bridgehead atoms. The summed E-state index contributed by atoms with van der Waals surface area (Å²) >= 11 is 0. The Morgan fingerprint density at radius 1 is 0.312 bits per heavy atom. The summed E-state index contributed by atoms with van der Waals surface area (Å²) in [5.41, 5.74) is 8.42. The molecule has 0 saturated heterocycles. The first-order valence-electron chi connectivity index (χ1n) is 38.9. The van der Waals surface area contributed by atoms with E-state index >= 15 is 0 Å². The van der Waals surface area contributed by atoms with E-state index < -0.39 is 41.4 Å². The Labute approximate surface area is 706 Å². The number of hydrogen-bond donors (Lipinski definition) is 8. The van der Waals surface area contributed by atoms with Gasteiger partial charge in [-0.05, 0) is 101 Å². The maximum Gasteiger partial charge on any atom is 0.274 e. The summed E-state index contributed by atoms with van der Waals surface area (Å²) in [6.45, 7) is 2.70. The van der Waals surface area contributed by atoms with E-state index in [0.717, 1.165) is 33.4 Å². The van der Waals surface area contributed by atoms with Gasteiger partial charge in [-0.1, -0.05) is 48.5 Å². The molecule has 0 spiro atoms. The van der Waals surface area contributed by atoms with Crippen LogP contribution >= 0.6 is 0 Å². The Bertz CT molecular complexity index is 6800. The summed E-state index contributed by atoms with van der Waals surface area (Å²) in [5.74, 6) is -2.66. The van der Waals surface area contributed by atoms with Crippen LogP contribution in [-0.2, 0) is 67.5 Å². The number of nitrogens with zero attached hydrogens (tertiary/aromatic N) is 19. The summed E-state index contributed by atoms with van der Waals surface area (Å²) in [6.07, 6.45) is 13.6. The zero-order chi connectivity index (χ0) is 87.4. The molecule has 0 fully saturated rings. The highest BCUT2D eigenvalue weighted by Crippen LogP contribution is 2.24. The number of pyridine rings is 1. The van der Waals surface area contributed by atoms with Gasteiger partial charge in [-0.2, -0.15) is 35.7 Å². The molecule has 41 heteroatoms. The number of fused-ring (bicyclic) bond motifs is 26. The fourth-order valence-electron chi connectivity index (χ4n) is 13.3. The second-order valence-corrected chi connectivity index (χ2v) is 28.7. The Kier molecular flexibility index (Phi) is 24.6. The lowest BCUT2D eigenvalue weighted by atomic mass is 10.1. The van der Waals surface area contributed by atoms with Crippen molar-refractivity contribution in [2.24, 2.45) is 28.2 Å². The third-order valence-corrected chi connectivity index (χ3v) is 19.3. The molecule has 10 aromatic heterocycles. The predicted molar refractivity (Wildman–Crippen MR) is 449 cm³/mol. The minimum Gasteiger partial charge on any atom is -0.477 e. The number of hydrogen-bond acceptors (Lipinski definition) is 24. The number of rotatable bonds is 0. The van der Waals surface area contributed by atoms with Gasteiger partial charge in [0.25, 0.3) is 69.5 Å². The number of amides is 8. The number of nitrogens with one attached hydrogen (secondary N) is 8. The number of aryl methyl sites for hydroxylation is 4. The zero-order valence-corrected chi connectivity index (χ0v) is 67.3. The first-order chi connectivity index (χ1) is 60.4. The van der Waals surface area contributed by atoms with Crippen LogP contribution in [0.15, 0.2) is 220 Å². The van der Waals surface area contributed by atoms with Crippen molar-refractivity contribution in [1.29, 1.82) is 0 Å². The fourth-order valence-corrected chi connectivity index (χ4v) is 13.3. The Morgan fingerprint density at radius 2 is 0.672 bits per heavy atom. The van der Waals surface area contributed by atoms with Crippen molar-refractivity contribution >= 4 is 70.0 Å². The molecular formula is C84H77N27O14. The summed E-state index contributed by atoms with van der Waals surface area (Å²) in [5, 5.41) is 60.4. The van der Waals surface area contributed by atoms with E-state index in [1.54, 1.807) is 180 Å². The van der Waals surface area contributed by atoms with Crippen molar-refractivity contribution in [2.45, 2.75) is 45.7 Å². The fraction of sp³-hybridized carbons (Fsp3) is 0.190. The average molecular weight is 1690 g/mol. The van der Waals surface area contributed by atoms with Crippen molar-refractivity contribution in [2.75, 3.05) is 54.1 Å². The first kappa shape index (κ1) is 83.0. The first-order valence-corrected chi connectivity index (χ1v) is 38.9. The van der Waals surface area contributed by atoms with Crippen LogP contribution in [0.3, 0.4) is 0 Å². The summed E-state index contributed by atoms with van der Waals surface area (Å²) < 4.78 is 23.9. The van der Waals surface area contributed by atoms with Crippen molar-refractivity contribution in [3.63, 3.8) is 0 Å². The van der Waals surface area contributed by atoms with E-state index in [9.17, 15) is 57.5 Å². The molecule has 632 valence electrons. The van der Waals surface area contributed by atoms with Crippen LogP contribution < -0.4 is 74.2 Å². The Hall–Kier alpha value is -17.0. The van der Waals surface area contributed by atoms with Crippen LogP contribution in [0.2, 0.25) is 0 Å². The largest absolute Gasteiger partial charge is 0.477 e. The lowest BCUT2D eigenvalue weighted by Gasteiger charge is -2.11. The SMILES string of the molecule is Cn1cc2c(n1)C(=O)NCCCOc1ccc(=O)n(n1)Cc1cccc(c1)C(=O)N2.Cn1cc2c(n1)C(=O)NCCOc1ccc(=O)n(n1)Cc1cccc(c1)C(=O)N2.Cn1cc2c(n1)C(=O)NCCn1cc(cn1)-c1ccc(=O)n(n1)Cc1cccc(c1)C(=O)N2.Cn1cc2c(n1)C(=O)NCc1cncc(c1)-c1ccc(=O)n(n1)Cc1cccc(c1)C(=O)N2. The number of ether oxygens (including phenoxy) is 2. The minimum atomic E-state index is -0.441. The quantitative estimate of drug-likeness (QED) is 0.107. The molecule has 4 aromatic carbocycles. The molecule has 41 nitrogen and oxygen atoms in total. The Balaban J connectivity index is 0.000000129. The van der Waals surface area contributed by atoms with Gasteiger partial charge in [0, 0.05) is 161 Å². The van der Waals surface area contributed by atoms with E-state index in [0.29, 0.717) is 100 Å². The summed E-state index contributed by atoms with van der Waals surface area (Å²) in [6, 6.07) is 41.2. The number of carbonyl (C=O) groups excluding carboxylic acids is 8. The van der Waals surface area contributed by atoms with Crippen LogP contribution in [-0.4, -0.2) is 173 Å². The molecule has 4 aliphatic heterocycles. The van der Waals surface area contributed by atoms with Gasteiger partial charge in [0.15, 0.2) is 22.8 Å².